The molecule has 1 N–H and O–H groups in total. The van der Waals surface area contributed by atoms with E-state index < -0.39 is 39.1 Å². The number of hydrogen-bond acceptors (Lipinski definition) is 3. The molecule has 10 heteroatoms. The minimum atomic E-state index is -4.67. The Morgan fingerprint density at radius 3 is 2.35 bits per heavy atom. The number of rotatable bonds is 5. The molecule has 0 saturated heterocycles. The van der Waals surface area contributed by atoms with Crippen molar-refractivity contribution in [3.05, 3.63) is 59.1 Å². The molecular formula is C16H14ClF3N2O3S. The van der Waals surface area contributed by atoms with Crippen LogP contribution >= 0.6 is 11.6 Å². The van der Waals surface area contributed by atoms with Crippen molar-refractivity contribution in [1.82, 2.24) is 4.31 Å². The highest BCUT2D eigenvalue weighted by atomic mass is 35.5. The predicted octanol–water partition coefficient (Wildman–Crippen LogP) is 3.62. The van der Waals surface area contributed by atoms with Gasteiger partial charge in [0.1, 0.15) is 0 Å². The summed E-state index contributed by atoms with van der Waals surface area (Å²) in [6.07, 6.45) is -4.67. The van der Waals surface area contributed by atoms with Crippen LogP contribution in [0.15, 0.2) is 53.4 Å². The van der Waals surface area contributed by atoms with Gasteiger partial charge >= 0.3 is 6.18 Å². The van der Waals surface area contributed by atoms with Crippen LogP contribution in [0.3, 0.4) is 0 Å². The van der Waals surface area contributed by atoms with Gasteiger partial charge < -0.3 is 5.32 Å². The smallest absolute Gasteiger partial charge is 0.325 e. The second-order valence-electron chi connectivity index (χ2n) is 5.34. The average molecular weight is 407 g/mol. The standard InChI is InChI=1S/C16H14ClF3N2O3S/c1-22(10-15(23)21-13-7-5-12(17)6-8-13)26(24,25)14-4-2-3-11(9-14)16(18,19)20/h2-9H,10H2,1H3,(H,21,23). The van der Waals surface area contributed by atoms with E-state index in [4.69, 9.17) is 11.6 Å². The predicted molar refractivity (Wildman–Crippen MR) is 91.3 cm³/mol. The van der Waals surface area contributed by atoms with E-state index in [-0.39, 0.29) is 0 Å². The monoisotopic (exact) mass is 406 g/mol. The first-order valence-electron chi connectivity index (χ1n) is 7.19. The zero-order chi connectivity index (χ0) is 19.5. The van der Waals surface area contributed by atoms with Crippen molar-refractivity contribution in [3.8, 4) is 0 Å². The van der Waals surface area contributed by atoms with E-state index in [9.17, 15) is 26.4 Å². The van der Waals surface area contributed by atoms with Crippen molar-refractivity contribution in [1.29, 1.82) is 0 Å². The molecule has 0 bridgehead atoms. The molecule has 1 amide bonds. The van der Waals surface area contributed by atoms with E-state index in [0.29, 0.717) is 21.1 Å². The first-order chi connectivity index (χ1) is 12.0. The zero-order valence-electron chi connectivity index (χ0n) is 13.4. The SMILES string of the molecule is CN(CC(=O)Nc1ccc(Cl)cc1)S(=O)(=O)c1cccc(C(F)(F)F)c1. The Balaban J connectivity index is 2.13. The van der Waals surface area contributed by atoms with E-state index in [1.165, 1.54) is 12.1 Å². The van der Waals surface area contributed by atoms with Gasteiger partial charge in [-0.3, -0.25) is 4.79 Å². The Bertz CT molecular complexity index is 900. The number of benzene rings is 2. The number of carbonyl (C=O) groups excluding carboxylic acids is 1. The molecule has 5 nitrogen and oxygen atoms in total. The van der Waals surface area contributed by atoms with Gasteiger partial charge in [-0.1, -0.05) is 17.7 Å². The third-order valence-electron chi connectivity index (χ3n) is 3.36. The van der Waals surface area contributed by atoms with Gasteiger partial charge in [-0.25, -0.2) is 8.42 Å². The fourth-order valence-electron chi connectivity index (χ4n) is 2.03. The molecule has 0 radical (unpaired) electrons. The number of nitrogens with zero attached hydrogens (tertiary/aromatic N) is 1. The second kappa shape index (κ2) is 7.65. The number of hydrogen-bond donors (Lipinski definition) is 1. The van der Waals surface area contributed by atoms with Crippen molar-refractivity contribution in [2.45, 2.75) is 11.1 Å². The van der Waals surface area contributed by atoms with Crippen LogP contribution in [-0.2, 0) is 21.0 Å². The van der Waals surface area contributed by atoms with E-state index in [1.807, 2.05) is 0 Å². The van der Waals surface area contributed by atoms with E-state index in [1.54, 1.807) is 12.1 Å². The summed E-state index contributed by atoms with van der Waals surface area (Å²) in [5, 5.41) is 2.94. The number of likely N-dealkylation sites (N-methyl/N-ethyl adjacent to an activating group) is 1. The van der Waals surface area contributed by atoms with E-state index >= 15 is 0 Å². The number of alkyl halides is 3. The molecule has 0 aliphatic carbocycles. The highest BCUT2D eigenvalue weighted by molar-refractivity contribution is 7.89. The van der Waals surface area contributed by atoms with Gasteiger partial charge in [-0.05, 0) is 42.5 Å². The topological polar surface area (TPSA) is 66.5 Å². The van der Waals surface area contributed by atoms with Crippen LogP contribution in [0.1, 0.15) is 5.56 Å². The first kappa shape index (κ1) is 20.2. The first-order valence-corrected chi connectivity index (χ1v) is 9.01. The highest BCUT2D eigenvalue weighted by Gasteiger charge is 2.32. The largest absolute Gasteiger partial charge is 0.416 e. The van der Waals surface area contributed by atoms with E-state index in [0.717, 1.165) is 25.2 Å². The van der Waals surface area contributed by atoms with Gasteiger partial charge in [0.25, 0.3) is 0 Å². The molecule has 0 saturated carbocycles. The Kier molecular flexibility index (Phi) is 5.94. The molecule has 0 aromatic heterocycles. The molecule has 0 unspecified atom stereocenters. The number of sulfonamides is 1. The maximum absolute atomic E-state index is 12.8. The molecule has 140 valence electrons. The lowest BCUT2D eigenvalue weighted by Gasteiger charge is -2.18. The molecule has 2 rings (SSSR count). The normalized spacial score (nSPS) is 12.2. The van der Waals surface area contributed by atoms with Gasteiger partial charge in [-0.15, -0.1) is 0 Å². The van der Waals surface area contributed by atoms with Crippen molar-refractivity contribution >= 4 is 33.2 Å². The molecule has 0 aliphatic heterocycles. The fourth-order valence-corrected chi connectivity index (χ4v) is 3.33. The molecule has 0 atom stereocenters. The van der Waals surface area contributed by atoms with Gasteiger partial charge in [0, 0.05) is 17.8 Å². The summed E-state index contributed by atoms with van der Waals surface area (Å²) in [6.45, 7) is -0.568. The van der Waals surface area contributed by atoms with Crippen LogP contribution in [0.2, 0.25) is 5.02 Å². The van der Waals surface area contributed by atoms with Gasteiger partial charge in [0.15, 0.2) is 0 Å². The fraction of sp³-hybridized carbons (Fsp3) is 0.188. The van der Waals surface area contributed by atoms with Crippen molar-refractivity contribution in [2.24, 2.45) is 0 Å². The number of amides is 1. The molecular weight excluding hydrogens is 393 g/mol. The minimum Gasteiger partial charge on any atom is -0.325 e. The van der Waals surface area contributed by atoms with Crippen LogP contribution in [0.25, 0.3) is 0 Å². The summed E-state index contributed by atoms with van der Waals surface area (Å²) in [4.78, 5) is 11.4. The third kappa shape index (κ3) is 4.96. The Hall–Kier alpha value is -2.10. The maximum atomic E-state index is 12.8. The molecule has 2 aromatic rings. The number of anilines is 1. The van der Waals surface area contributed by atoms with Gasteiger partial charge in [0.2, 0.25) is 15.9 Å². The molecule has 2 aromatic carbocycles. The molecule has 0 heterocycles. The van der Waals surface area contributed by atoms with Crippen molar-refractivity contribution in [3.63, 3.8) is 0 Å². The van der Waals surface area contributed by atoms with Crippen molar-refractivity contribution in [2.75, 3.05) is 18.9 Å². The highest BCUT2D eigenvalue weighted by Crippen LogP contribution is 2.31. The maximum Gasteiger partial charge on any atom is 0.416 e. The third-order valence-corrected chi connectivity index (χ3v) is 5.42. The Labute approximate surface area is 153 Å². The summed E-state index contributed by atoms with van der Waals surface area (Å²) in [6, 6.07) is 9.48. The lowest BCUT2D eigenvalue weighted by Crippen LogP contribution is -2.35. The summed E-state index contributed by atoms with van der Waals surface area (Å²) < 4.78 is 63.8. The Morgan fingerprint density at radius 2 is 1.77 bits per heavy atom. The van der Waals surface area contributed by atoms with Crippen LogP contribution in [-0.4, -0.2) is 32.2 Å². The van der Waals surface area contributed by atoms with Crippen LogP contribution in [0.4, 0.5) is 18.9 Å². The van der Waals surface area contributed by atoms with Crippen LogP contribution in [0, 0.1) is 0 Å². The lowest BCUT2D eigenvalue weighted by molar-refractivity contribution is -0.137. The van der Waals surface area contributed by atoms with Crippen LogP contribution in [0.5, 0.6) is 0 Å². The van der Waals surface area contributed by atoms with Gasteiger partial charge in [-0.2, -0.15) is 17.5 Å². The number of halogens is 4. The average Bonchev–Trinajstić information content (AvgIpc) is 2.56. The molecule has 0 fully saturated rings. The Morgan fingerprint density at radius 1 is 1.15 bits per heavy atom. The van der Waals surface area contributed by atoms with Crippen molar-refractivity contribution < 1.29 is 26.4 Å². The summed E-state index contributed by atoms with van der Waals surface area (Å²) >= 11 is 5.72. The summed E-state index contributed by atoms with van der Waals surface area (Å²) in [7, 11) is -3.16. The molecule has 0 aliphatic rings. The zero-order valence-corrected chi connectivity index (χ0v) is 15.0. The molecule has 26 heavy (non-hydrogen) atoms. The molecule has 0 spiro atoms. The summed E-state index contributed by atoms with van der Waals surface area (Å²) in [5.41, 5.74) is -0.679. The second-order valence-corrected chi connectivity index (χ2v) is 7.82. The number of carbonyl (C=O) groups is 1. The van der Waals surface area contributed by atoms with Crippen LogP contribution < -0.4 is 5.32 Å². The number of nitrogens with one attached hydrogen (secondary N) is 1. The van der Waals surface area contributed by atoms with E-state index in [2.05, 4.69) is 5.32 Å². The quantitative estimate of drug-likeness (QED) is 0.824. The lowest BCUT2D eigenvalue weighted by atomic mass is 10.2. The summed E-state index contributed by atoms with van der Waals surface area (Å²) in [5.74, 6) is -0.648. The minimum absolute atomic E-state index is 0.407. The van der Waals surface area contributed by atoms with Gasteiger partial charge in [0.05, 0.1) is 17.0 Å².